The van der Waals surface area contributed by atoms with Gasteiger partial charge in [-0.3, -0.25) is 24.0 Å². The molecule has 6 aromatic rings. The Kier molecular flexibility index (Phi) is 17.7. The summed E-state index contributed by atoms with van der Waals surface area (Å²) in [7, 11) is 1.73. The summed E-state index contributed by atoms with van der Waals surface area (Å²) in [5.41, 5.74) is 3.51. The third-order valence-corrected chi connectivity index (χ3v) is 15.1. The predicted octanol–water partition coefficient (Wildman–Crippen LogP) is 3.26. The van der Waals surface area contributed by atoms with Gasteiger partial charge >= 0.3 is 6.09 Å². The normalized spacial score (nSPS) is 16.8. The van der Waals surface area contributed by atoms with Crippen molar-refractivity contribution in [2.24, 2.45) is 7.05 Å². The fourth-order valence-electron chi connectivity index (χ4n) is 10.5. The summed E-state index contributed by atoms with van der Waals surface area (Å²) < 4.78 is 15.3. The molecule has 0 spiro atoms. The van der Waals surface area contributed by atoms with Crippen LogP contribution in [-0.4, -0.2) is 149 Å². The molecule has 3 aliphatic rings. The number of terminal acetylenes is 1. The third kappa shape index (κ3) is 13.8. The van der Waals surface area contributed by atoms with E-state index in [0.717, 1.165) is 97.7 Å². The fraction of sp³-hybridized carbons (Fsp3) is 0.414. The summed E-state index contributed by atoms with van der Waals surface area (Å²) in [4.78, 5) is 94.8. The summed E-state index contributed by atoms with van der Waals surface area (Å²) in [6.07, 6.45) is 13.3. The number of nitrogens with zero attached hydrogens (tertiary/aromatic N) is 5. The molecule has 21 nitrogen and oxygen atoms in total. The average Bonchev–Trinajstić information content (AvgIpc) is 4.19. The molecule has 2 saturated heterocycles. The van der Waals surface area contributed by atoms with Gasteiger partial charge in [-0.2, -0.15) is 0 Å². The van der Waals surface area contributed by atoms with E-state index in [0.29, 0.717) is 35.3 Å². The standard InChI is InChI=1S/C58H68N12O9/c1-4-24-64-57(2)22-28-69(29-23-57)41-20-26-70(27-21-41)55-66-46-18-15-39(45-35-68(3)54(75)51-43(45)19-25-59-51)31-44(46)52(67-55)58(79-42-16-17-42,40-13-9-6-10-14-40)36-78-37-63-49(72)32-61-53(74)47(30-38-11-7-5-8-12-38)65-50(73)34-60-48(71)33-62-56(76)77/h1,5-15,18-19,25,31,35,41-42,47,59,62,64H,16-17,20-24,26-30,32-34,36-37H2,2-3H3,(H,60,71)(H,61,74)(H,63,72)(H,65,73)(H,76,77)/t47-,58-/m0/s1. The maximum absolute atomic E-state index is 13.6. The second-order valence-corrected chi connectivity index (χ2v) is 20.8. The number of fused-ring (bicyclic) bond motifs is 2. The molecule has 414 valence electrons. The number of carbonyl (C=O) groups excluding carboxylic acids is 4. The number of amides is 5. The van der Waals surface area contributed by atoms with Crippen LogP contribution in [0.4, 0.5) is 10.7 Å². The lowest BCUT2D eigenvalue weighted by Crippen LogP contribution is -2.55. The van der Waals surface area contributed by atoms with E-state index in [-0.39, 0.29) is 37.0 Å². The zero-order valence-corrected chi connectivity index (χ0v) is 44.5. The molecule has 8 N–H and O–H groups in total. The molecular weight excluding hydrogens is 1010 g/mol. The number of aromatic nitrogens is 4. The lowest BCUT2D eigenvalue weighted by atomic mass is 9.87. The number of piperidine rings is 2. The van der Waals surface area contributed by atoms with Gasteiger partial charge in [-0.05, 0) is 80.3 Å². The molecule has 0 unspecified atom stereocenters. The van der Waals surface area contributed by atoms with E-state index in [1.54, 1.807) is 42.1 Å². The summed E-state index contributed by atoms with van der Waals surface area (Å²) >= 11 is 0. The van der Waals surface area contributed by atoms with Gasteiger partial charge in [0, 0.05) is 80.0 Å². The summed E-state index contributed by atoms with van der Waals surface area (Å²) in [6, 6.07) is 26.0. The Morgan fingerprint density at radius 1 is 0.848 bits per heavy atom. The van der Waals surface area contributed by atoms with Crippen LogP contribution in [0.2, 0.25) is 0 Å². The smallest absolute Gasteiger partial charge is 0.405 e. The van der Waals surface area contributed by atoms with Crippen molar-refractivity contribution in [3.8, 4) is 23.5 Å². The number of carboxylic acid groups (broad SMARTS) is 1. The first kappa shape index (κ1) is 55.6. The number of aromatic amines is 1. The van der Waals surface area contributed by atoms with Gasteiger partial charge in [0.25, 0.3) is 5.56 Å². The average molecular weight is 1080 g/mol. The zero-order chi connectivity index (χ0) is 55.5. The SMILES string of the molecule is C#CCNC1(C)CCN(C2CCN(c3nc([C@@](COCNC(=O)CNC(=O)[C@H](Cc4ccccc4)NC(=O)CNC(=O)CNC(=O)O)(OC4CC4)c4ccccc4)c4cc(-c5cn(C)c(=O)c6[nH]ccc56)ccc4n3)CC2)CC1. The van der Waals surface area contributed by atoms with E-state index in [1.165, 1.54) is 0 Å². The minimum absolute atomic E-state index is 0.0245. The number of nitrogens with one attached hydrogen (secondary N) is 7. The number of aryl methyl sites for hydroxylation is 1. The number of hydrogen-bond acceptors (Lipinski definition) is 13. The van der Waals surface area contributed by atoms with E-state index in [9.17, 15) is 28.8 Å². The molecule has 3 aromatic carbocycles. The van der Waals surface area contributed by atoms with Crippen molar-refractivity contribution in [2.45, 2.75) is 81.2 Å². The first-order valence-corrected chi connectivity index (χ1v) is 26.8. The monoisotopic (exact) mass is 1080 g/mol. The van der Waals surface area contributed by atoms with E-state index in [1.807, 2.05) is 66.1 Å². The minimum Gasteiger partial charge on any atom is -0.465 e. The largest absolute Gasteiger partial charge is 0.465 e. The molecule has 0 bridgehead atoms. The number of carbonyl (C=O) groups is 5. The topological polar surface area (TPSA) is 266 Å². The van der Waals surface area contributed by atoms with E-state index < -0.39 is 61.0 Å². The molecule has 79 heavy (non-hydrogen) atoms. The molecule has 1 aliphatic carbocycles. The first-order valence-electron chi connectivity index (χ1n) is 26.8. The molecule has 2 atom stereocenters. The molecule has 2 aliphatic heterocycles. The highest BCUT2D eigenvalue weighted by atomic mass is 16.6. The Morgan fingerprint density at radius 3 is 2.25 bits per heavy atom. The van der Waals surface area contributed by atoms with Crippen LogP contribution in [0.5, 0.6) is 0 Å². The van der Waals surface area contributed by atoms with Gasteiger partial charge in [-0.1, -0.05) is 72.7 Å². The van der Waals surface area contributed by atoms with Crippen LogP contribution in [0, 0.1) is 12.3 Å². The van der Waals surface area contributed by atoms with Crippen LogP contribution in [0.1, 0.15) is 62.3 Å². The minimum atomic E-state index is -1.40. The van der Waals surface area contributed by atoms with Crippen molar-refractivity contribution in [1.82, 2.24) is 56.3 Å². The number of pyridine rings is 1. The Morgan fingerprint density at radius 2 is 1.54 bits per heavy atom. The molecule has 0 radical (unpaired) electrons. The van der Waals surface area contributed by atoms with Crippen molar-refractivity contribution in [2.75, 3.05) is 70.6 Å². The highest BCUT2D eigenvalue weighted by Gasteiger charge is 2.45. The summed E-state index contributed by atoms with van der Waals surface area (Å²) in [5.74, 6) is 0.632. The van der Waals surface area contributed by atoms with Crippen LogP contribution in [0.3, 0.4) is 0 Å². The molecule has 3 fully saturated rings. The van der Waals surface area contributed by atoms with Crippen LogP contribution >= 0.6 is 0 Å². The van der Waals surface area contributed by atoms with Gasteiger partial charge in [0.05, 0.1) is 50.1 Å². The van der Waals surface area contributed by atoms with E-state index in [4.69, 9.17) is 31.0 Å². The lowest BCUT2D eigenvalue weighted by molar-refractivity contribution is -0.131. The molecule has 9 rings (SSSR count). The van der Waals surface area contributed by atoms with Crippen molar-refractivity contribution < 1.29 is 38.6 Å². The lowest BCUT2D eigenvalue weighted by Gasteiger charge is -2.45. The molecule has 5 amide bonds. The Bertz CT molecular complexity index is 3250. The van der Waals surface area contributed by atoms with Crippen molar-refractivity contribution in [3.63, 3.8) is 0 Å². The van der Waals surface area contributed by atoms with Gasteiger partial charge in [0.2, 0.25) is 29.6 Å². The van der Waals surface area contributed by atoms with Crippen molar-refractivity contribution in [3.05, 3.63) is 124 Å². The second-order valence-electron chi connectivity index (χ2n) is 20.8. The number of hydrogen-bond donors (Lipinski definition) is 8. The first-order chi connectivity index (χ1) is 38.2. The van der Waals surface area contributed by atoms with Crippen molar-refractivity contribution >= 4 is 57.5 Å². The van der Waals surface area contributed by atoms with E-state index >= 15 is 0 Å². The number of likely N-dealkylation sites (tertiary alicyclic amines) is 1. The van der Waals surface area contributed by atoms with E-state index in [2.05, 4.69) is 60.3 Å². The number of ether oxygens (including phenoxy) is 2. The zero-order valence-electron chi connectivity index (χ0n) is 44.5. The van der Waals surface area contributed by atoms with Gasteiger partial charge in [0.1, 0.15) is 18.3 Å². The second kappa shape index (κ2) is 25.1. The van der Waals surface area contributed by atoms with Crippen molar-refractivity contribution in [1.29, 1.82) is 0 Å². The number of benzene rings is 3. The van der Waals surface area contributed by atoms with Gasteiger partial charge in [-0.25, -0.2) is 14.8 Å². The summed E-state index contributed by atoms with van der Waals surface area (Å²) in [6.45, 7) is 4.40. The van der Waals surface area contributed by atoms with Gasteiger partial charge in [0.15, 0.2) is 5.60 Å². The Balaban J connectivity index is 0.961. The van der Waals surface area contributed by atoms with Crippen LogP contribution in [0.15, 0.2) is 102 Å². The number of rotatable bonds is 23. The van der Waals surface area contributed by atoms with Crippen LogP contribution in [0.25, 0.3) is 32.9 Å². The molecular formula is C58H68N12O9. The third-order valence-electron chi connectivity index (χ3n) is 15.1. The quantitative estimate of drug-likeness (QED) is 0.0260. The Labute approximate surface area is 457 Å². The fourth-order valence-corrected chi connectivity index (χ4v) is 10.5. The maximum Gasteiger partial charge on any atom is 0.405 e. The molecule has 3 aromatic heterocycles. The van der Waals surface area contributed by atoms with Gasteiger partial charge in [-0.15, -0.1) is 6.42 Å². The molecule has 1 saturated carbocycles. The highest BCUT2D eigenvalue weighted by Crippen LogP contribution is 2.44. The number of anilines is 1. The predicted molar refractivity (Wildman–Crippen MR) is 298 cm³/mol. The van der Waals surface area contributed by atoms with Gasteiger partial charge < -0.3 is 65.8 Å². The number of H-pyrrole nitrogens is 1. The summed E-state index contributed by atoms with van der Waals surface area (Å²) in [5, 5.41) is 26.0. The Hall–Kier alpha value is -8.16. The maximum atomic E-state index is 13.6. The molecule has 5 heterocycles. The van der Waals surface area contributed by atoms with Crippen LogP contribution in [-0.2, 0) is 47.7 Å². The molecule has 21 heteroatoms. The highest BCUT2D eigenvalue weighted by molar-refractivity contribution is 5.98. The van der Waals surface area contributed by atoms with Crippen LogP contribution < -0.4 is 42.4 Å².